The van der Waals surface area contributed by atoms with E-state index in [0.29, 0.717) is 17.4 Å². The lowest BCUT2D eigenvalue weighted by Crippen LogP contribution is -2.32. The van der Waals surface area contributed by atoms with Gasteiger partial charge in [0, 0.05) is 25.2 Å². The standard InChI is InChI=1S/C14H27NO2/c1-11(2)9-15(10-12(3)4)8-6-7-13(5)14(16)17/h7,11-12H,6,8-10H2,1-5H3,(H,16,17). The molecule has 0 bridgehead atoms. The Hall–Kier alpha value is -0.830. The number of aliphatic carboxylic acids is 1. The fraction of sp³-hybridized carbons (Fsp3) is 0.786. The van der Waals surface area contributed by atoms with E-state index >= 15 is 0 Å². The summed E-state index contributed by atoms with van der Waals surface area (Å²) in [5.41, 5.74) is 0.444. The Morgan fingerprint density at radius 2 is 1.65 bits per heavy atom. The summed E-state index contributed by atoms with van der Waals surface area (Å²) in [5.74, 6) is 0.487. The molecular weight excluding hydrogens is 214 g/mol. The van der Waals surface area contributed by atoms with E-state index in [0.717, 1.165) is 26.1 Å². The SMILES string of the molecule is CC(=CCCN(CC(C)C)CC(C)C)C(=O)O. The summed E-state index contributed by atoms with van der Waals surface area (Å²) in [7, 11) is 0. The molecule has 3 heteroatoms. The van der Waals surface area contributed by atoms with Crippen LogP contribution < -0.4 is 0 Å². The zero-order valence-corrected chi connectivity index (χ0v) is 11.9. The van der Waals surface area contributed by atoms with Crippen LogP contribution in [-0.4, -0.2) is 35.6 Å². The monoisotopic (exact) mass is 241 g/mol. The van der Waals surface area contributed by atoms with Gasteiger partial charge in [0.05, 0.1) is 0 Å². The lowest BCUT2D eigenvalue weighted by atomic mass is 10.1. The number of hydrogen-bond donors (Lipinski definition) is 1. The third kappa shape index (κ3) is 8.93. The summed E-state index contributed by atoms with van der Waals surface area (Å²) in [6, 6.07) is 0. The Bertz CT molecular complexity index is 247. The highest BCUT2D eigenvalue weighted by Gasteiger charge is 2.08. The molecule has 0 saturated carbocycles. The molecule has 17 heavy (non-hydrogen) atoms. The maximum atomic E-state index is 10.6. The van der Waals surface area contributed by atoms with E-state index in [1.165, 1.54) is 0 Å². The largest absolute Gasteiger partial charge is 0.478 e. The minimum absolute atomic E-state index is 0.444. The number of rotatable bonds is 8. The summed E-state index contributed by atoms with van der Waals surface area (Å²) < 4.78 is 0. The molecule has 0 rings (SSSR count). The first-order chi connectivity index (χ1) is 7.82. The highest BCUT2D eigenvalue weighted by molar-refractivity contribution is 5.85. The van der Waals surface area contributed by atoms with Crippen LogP contribution in [-0.2, 0) is 4.79 Å². The number of carboxylic acids is 1. The highest BCUT2D eigenvalue weighted by Crippen LogP contribution is 2.06. The normalized spacial score (nSPS) is 12.8. The minimum atomic E-state index is -0.815. The lowest BCUT2D eigenvalue weighted by molar-refractivity contribution is -0.132. The molecule has 1 N–H and O–H groups in total. The fourth-order valence-electron chi connectivity index (χ4n) is 1.84. The van der Waals surface area contributed by atoms with Crippen LogP contribution in [0, 0.1) is 11.8 Å². The first-order valence-electron chi connectivity index (χ1n) is 6.45. The minimum Gasteiger partial charge on any atom is -0.478 e. The number of hydrogen-bond acceptors (Lipinski definition) is 2. The van der Waals surface area contributed by atoms with Gasteiger partial charge in [-0.15, -0.1) is 0 Å². The van der Waals surface area contributed by atoms with Gasteiger partial charge in [0.25, 0.3) is 0 Å². The van der Waals surface area contributed by atoms with Crippen molar-refractivity contribution in [3.05, 3.63) is 11.6 Å². The molecule has 0 aromatic rings. The van der Waals surface area contributed by atoms with Crippen molar-refractivity contribution in [1.82, 2.24) is 4.90 Å². The van der Waals surface area contributed by atoms with E-state index in [2.05, 4.69) is 32.6 Å². The predicted octanol–water partition coefficient (Wildman–Crippen LogP) is 3.02. The Morgan fingerprint density at radius 3 is 2.00 bits per heavy atom. The predicted molar refractivity (Wildman–Crippen MR) is 72.1 cm³/mol. The van der Waals surface area contributed by atoms with Crippen molar-refractivity contribution in [2.45, 2.75) is 41.0 Å². The summed E-state index contributed by atoms with van der Waals surface area (Å²) in [6.45, 7) is 13.6. The van der Waals surface area contributed by atoms with Crippen molar-refractivity contribution in [1.29, 1.82) is 0 Å². The van der Waals surface area contributed by atoms with Gasteiger partial charge in [-0.25, -0.2) is 4.79 Å². The van der Waals surface area contributed by atoms with E-state index in [1.54, 1.807) is 6.92 Å². The highest BCUT2D eigenvalue weighted by atomic mass is 16.4. The van der Waals surface area contributed by atoms with Crippen LogP contribution in [0.15, 0.2) is 11.6 Å². The first-order valence-corrected chi connectivity index (χ1v) is 6.45. The van der Waals surface area contributed by atoms with E-state index < -0.39 is 5.97 Å². The second kappa shape index (κ2) is 8.29. The molecule has 0 amide bonds. The third-order valence-corrected chi connectivity index (χ3v) is 2.48. The van der Waals surface area contributed by atoms with E-state index in [-0.39, 0.29) is 0 Å². The van der Waals surface area contributed by atoms with Crippen molar-refractivity contribution in [3.63, 3.8) is 0 Å². The molecule has 0 aliphatic heterocycles. The fourth-order valence-corrected chi connectivity index (χ4v) is 1.84. The zero-order valence-electron chi connectivity index (χ0n) is 11.9. The van der Waals surface area contributed by atoms with Gasteiger partial charge in [-0.05, 0) is 25.2 Å². The molecule has 0 atom stereocenters. The molecule has 100 valence electrons. The van der Waals surface area contributed by atoms with E-state index in [1.807, 2.05) is 6.08 Å². The van der Waals surface area contributed by atoms with Gasteiger partial charge in [0.1, 0.15) is 0 Å². The van der Waals surface area contributed by atoms with Crippen molar-refractivity contribution >= 4 is 5.97 Å². The summed E-state index contributed by atoms with van der Waals surface area (Å²) in [6.07, 6.45) is 2.63. The zero-order chi connectivity index (χ0) is 13.4. The summed E-state index contributed by atoms with van der Waals surface area (Å²) in [5, 5.41) is 8.76. The van der Waals surface area contributed by atoms with Crippen LogP contribution in [0.3, 0.4) is 0 Å². The van der Waals surface area contributed by atoms with Gasteiger partial charge in [-0.2, -0.15) is 0 Å². The van der Waals surface area contributed by atoms with Crippen LogP contribution >= 0.6 is 0 Å². The van der Waals surface area contributed by atoms with Crippen molar-refractivity contribution in [2.24, 2.45) is 11.8 Å². The summed E-state index contributed by atoms with van der Waals surface area (Å²) >= 11 is 0. The van der Waals surface area contributed by atoms with Crippen LogP contribution in [0.25, 0.3) is 0 Å². The topological polar surface area (TPSA) is 40.5 Å². The smallest absolute Gasteiger partial charge is 0.330 e. The quantitative estimate of drug-likeness (QED) is 0.664. The average Bonchev–Trinajstić information content (AvgIpc) is 2.14. The third-order valence-electron chi connectivity index (χ3n) is 2.48. The van der Waals surface area contributed by atoms with E-state index in [9.17, 15) is 4.79 Å². The molecular formula is C14H27NO2. The number of carbonyl (C=O) groups is 1. The molecule has 0 saturated heterocycles. The lowest BCUT2D eigenvalue weighted by Gasteiger charge is -2.25. The first kappa shape index (κ1) is 16.2. The second-order valence-corrected chi connectivity index (χ2v) is 5.53. The second-order valence-electron chi connectivity index (χ2n) is 5.53. The average molecular weight is 241 g/mol. The van der Waals surface area contributed by atoms with Gasteiger partial charge >= 0.3 is 5.97 Å². The van der Waals surface area contributed by atoms with Gasteiger partial charge < -0.3 is 10.0 Å². The maximum absolute atomic E-state index is 10.6. The Kier molecular flexibility index (Phi) is 7.88. The van der Waals surface area contributed by atoms with Gasteiger partial charge in [0.15, 0.2) is 0 Å². The van der Waals surface area contributed by atoms with Gasteiger partial charge in [-0.3, -0.25) is 0 Å². The van der Waals surface area contributed by atoms with Crippen LogP contribution in [0.4, 0.5) is 0 Å². The van der Waals surface area contributed by atoms with E-state index in [4.69, 9.17) is 5.11 Å². The van der Waals surface area contributed by atoms with Crippen molar-refractivity contribution in [2.75, 3.05) is 19.6 Å². The van der Waals surface area contributed by atoms with Crippen molar-refractivity contribution in [3.8, 4) is 0 Å². The summed E-state index contributed by atoms with van der Waals surface area (Å²) in [4.78, 5) is 13.1. The van der Waals surface area contributed by atoms with Crippen LogP contribution in [0.5, 0.6) is 0 Å². The molecule has 0 spiro atoms. The number of nitrogens with zero attached hydrogens (tertiary/aromatic N) is 1. The van der Waals surface area contributed by atoms with Gasteiger partial charge in [-0.1, -0.05) is 33.8 Å². The molecule has 0 unspecified atom stereocenters. The van der Waals surface area contributed by atoms with Crippen LogP contribution in [0.1, 0.15) is 41.0 Å². The Morgan fingerprint density at radius 1 is 1.18 bits per heavy atom. The molecule has 0 aliphatic carbocycles. The molecule has 0 radical (unpaired) electrons. The van der Waals surface area contributed by atoms with Crippen molar-refractivity contribution < 1.29 is 9.90 Å². The maximum Gasteiger partial charge on any atom is 0.330 e. The molecule has 0 heterocycles. The Balaban J connectivity index is 4.16. The molecule has 0 aromatic carbocycles. The molecule has 0 aliphatic rings. The molecule has 0 aromatic heterocycles. The van der Waals surface area contributed by atoms with Crippen LogP contribution in [0.2, 0.25) is 0 Å². The molecule has 3 nitrogen and oxygen atoms in total. The number of carboxylic acid groups (broad SMARTS) is 1. The molecule has 0 fully saturated rings. The Labute approximate surface area is 106 Å². The van der Waals surface area contributed by atoms with Gasteiger partial charge in [0.2, 0.25) is 0 Å².